The standard InChI is InChI=1S/C19H26N4O/c1-2-7-23-8-6-21-18(23)12-22-13-19(14-22)10-17(24-15-19)9-16-4-3-5-20-11-16/h3-6,8,11,17H,2,7,9-10,12-15H2,1H3. The second-order valence-electron chi connectivity index (χ2n) is 7.38. The predicted molar refractivity (Wildman–Crippen MR) is 92.5 cm³/mol. The summed E-state index contributed by atoms with van der Waals surface area (Å²) in [5, 5.41) is 0. The maximum absolute atomic E-state index is 6.09. The van der Waals surface area contributed by atoms with Crippen molar-refractivity contribution in [2.75, 3.05) is 19.7 Å². The van der Waals surface area contributed by atoms with Crippen LogP contribution in [0.15, 0.2) is 36.9 Å². The van der Waals surface area contributed by atoms with Crippen LogP contribution in [0.4, 0.5) is 0 Å². The summed E-state index contributed by atoms with van der Waals surface area (Å²) in [6, 6.07) is 4.14. The number of hydrogen-bond donors (Lipinski definition) is 0. The van der Waals surface area contributed by atoms with E-state index in [0.29, 0.717) is 11.5 Å². The van der Waals surface area contributed by atoms with E-state index < -0.39 is 0 Å². The molecule has 1 spiro atoms. The van der Waals surface area contributed by atoms with E-state index in [9.17, 15) is 0 Å². The number of aromatic nitrogens is 3. The second kappa shape index (κ2) is 6.65. The van der Waals surface area contributed by atoms with Crippen LogP contribution in [-0.2, 0) is 24.2 Å². The number of aryl methyl sites for hydroxylation is 1. The molecule has 0 radical (unpaired) electrons. The molecule has 0 aromatic carbocycles. The van der Waals surface area contributed by atoms with E-state index in [2.05, 4.69) is 38.6 Å². The highest BCUT2D eigenvalue weighted by molar-refractivity contribution is 5.12. The van der Waals surface area contributed by atoms with Crippen LogP contribution in [0.2, 0.25) is 0 Å². The van der Waals surface area contributed by atoms with Gasteiger partial charge >= 0.3 is 0 Å². The number of pyridine rings is 1. The third kappa shape index (κ3) is 3.23. The Morgan fingerprint density at radius 3 is 3.04 bits per heavy atom. The average molecular weight is 326 g/mol. The van der Waals surface area contributed by atoms with Crippen molar-refractivity contribution < 1.29 is 4.74 Å². The topological polar surface area (TPSA) is 43.2 Å². The Morgan fingerprint density at radius 2 is 2.25 bits per heavy atom. The largest absolute Gasteiger partial charge is 0.377 e. The molecule has 24 heavy (non-hydrogen) atoms. The average Bonchev–Trinajstić information content (AvgIpc) is 3.16. The van der Waals surface area contributed by atoms with Gasteiger partial charge in [0.15, 0.2) is 0 Å². The van der Waals surface area contributed by atoms with Crippen LogP contribution in [0.5, 0.6) is 0 Å². The molecule has 0 bridgehead atoms. The Hall–Kier alpha value is -1.72. The number of likely N-dealkylation sites (tertiary alicyclic amines) is 1. The maximum Gasteiger partial charge on any atom is 0.122 e. The Kier molecular flexibility index (Phi) is 4.37. The number of ether oxygens (including phenoxy) is 1. The third-order valence-electron chi connectivity index (χ3n) is 5.22. The minimum Gasteiger partial charge on any atom is -0.377 e. The fourth-order valence-electron chi connectivity index (χ4n) is 4.18. The Bertz CT molecular complexity index is 663. The summed E-state index contributed by atoms with van der Waals surface area (Å²) >= 11 is 0. The normalized spacial score (nSPS) is 22.8. The zero-order chi connectivity index (χ0) is 16.4. The van der Waals surface area contributed by atoms with Crippen molar-refractivity contribution in [2.45, 2.75) is 45.4 Å². The lowest BCUT2D eigenvalue weighted by Crippen LogP contribution is -2.56. The maximum atomic E-state index is 6.09. The fraction of sp³-hybridized carbons (Fsp3) is 0.579. The van der Waals surface area contributed by atoms with Crippen molar-refractivity contribution in [1.82, 2.24) is 19.4 Å². The third-order valence-corrected chi connectivity index (χ3v) is 5.22. The van der Waals surface area contributed by atoms with Gasteiger partial charge in [-0.3, -0.25) is 9.88 Å². The van der Waals surface area contributed by atoms with Gasteiger partial charge in [0.05, 0.1) is 19.3 Å². The van der Waals surface area contributed by atoms with Crippen molar-refractivity contribution in [3.05, 3.63) is 48.3 Å². The van der Waals surface area contributed by atoms with Gasteiger partial charge in [-0.05, 0) is 24.5 Å². The Labute approximate surface area is 143 Å². The van der Waals surface area contributed by atoms with Crippen molar-refractivity contribution in [3.8, 4) is 0 Å². The highest BCUT2D eigenvalue weighted by Crippen LogP contribution is 2.42. The first kappa shape index (κ1) is 15.8. The molecular weight excluding hydrogens is 300 g/mol. The van der Waals surface area contributed by atoms with E-state index in [-0.39, 0.29) is 0 Å². The molecule has 2 aromatic heterocycles. The molecule has 2 saturated heterocycles. The van der Waals surface area contributed by atoms with Crippen molar-refractivity contribution in [1.29, 1.82) is 0 Å². The second-order valence-corrected chi connectivity index (χ2v) is 7.38. The lowest BCUT2D eigenvalue weighted by atomic mass is 9.77. The highest BCUT2D eigenvalue weighted by atomic mass is 16.5. The predicted octanol–water partition coefficient (Wildman–Crippen LogP) is 2.52. The molecule has 5 nitrogen and oxygen atoms in total. The lowest BCUT2D eigenvalue weighted by molar-refractivity contribution is -0.0160. The first-order chi connectivity index (χ1) is 11.8. The smallest absolute Gasteiger partial charge is 0.122 e. The molecule has 4 rings (SSSR count). The zero-order valence-electron chi connectivity index (χ0n) is 14.4. The van der Waals surface area contributed by atoms with Gasteiger partial charge in [-0.25, -0.2) is 4.98 Å². The first-order valence-corrected chi connectivity index (χ1v) is 8.99. The van der Waals surface area contributed by atoms with Gasteiger partial charge in [0, 0.05) is 56.3 Å². The molecule has 5 heteroatoms. The zero-order valence-corrected chi connectivity index (χ0v) is 14.4. The highest BCUT2D eigenvalue weighted by Gasteiger charge is 2.48. The summed E-state index contributed by atoms with van der Waals surface area (Å²) in [6.07, 6.45) is 11.4. The van der Waals surface area contributed by atoms with Crippen LogP contribution < -0.4 is 0 Å². The van der Waals surface area contributed by atoms with E-state index >= 15 is 0 Å². The molecule has 1 unspecified atom stereocenters. The number of nitrogens with zero attached hydrogens (tertiary/aromatic N) is 4. The van der Waals surface area contributed by atoms with E-state index in [0.717, 1.165) is 45.6 Å². The van der Waals surface area contributed by atoms with Gasteiger partial charge in [-0.15, -0.1) is 0 Å². The van der Waals surface area contributed by atoms with E-state index in [1.165, 1.54) is 17.8 Å². The van der Waals surface area contributed by atoms with Gasteiger partial charge in [-0.1, -0.05) is 13.0 Å². The molecule has 0 N–H and O–H groups in total. The first-order valence-electron chi connectivity index (χ1n) is 8.99. The monoisotopic (exact) mass is 326 g/mol. The lowest BCUT2D eigenvalue weighted by Gasteiger charge is -2.47. The molecule has 128 valence electrons. The fourth-order valence-corrected chi connectivity index (χ4v) is 4.18. The van der Waals surface area contributed by atoms with Crippen LogP contribution in [0.3, 0.4) is 0 Å². The molecule has 1 atom stereocenters. The van der Waals surface area contributed by atoms with Gasteiger partial charge < -0.3 is 9.30 Å². The van der Waals surface area contributed by atoms with Crippen molar-refractivity contribution in [2.24, 2.45) is 5.41 Å². The van der Waals surface area contributed by atoms with Gasteiger partial charge in [-0.2, -0.15) is 0 Å². The van der Waals surface area contributed by atoms with Crippen molar-refractivity contribution >= 4 is 0 Å². The summed E-state index contributed by atoms with van der Waals surface area (Å²) < 4.78 is 8.36. The Balaban J connectivity index is 1.28. The molecule has 2 fully saturated rings. The summed E-state index contributed by atoms with van der Waals surface area (Å²) in [5.74, 6) is 1.19. The molecular formula is C19H26N4O. The van der Waals surface area contributed by atoms with Crippen LogP contribution in [0.25, 0.3) is 0 Å². The minimum atomic E-state index is 0.346. The molecule has 0 amide bonds. The minimum absolute atomic E-state index is 0.346. The van der Waals surface area contributed by atoms with Crippen LogP contribution >= 0.6 is 0 Å². The SMILES string of the molecule is CCCn1ccnc1CN1CC2(COC(Cc3cccnc3)C2)C1. The number of hydrogen-bond acceptors (Lipinski definition) is 4. The van der Waals surface area contributed by atoms with Gasteiger partial charge in [0.25, 0.3) is 0 Å². The number of rotatable bonds is 6. The Morgan fingerprint density at radius 1 is 1.33 bits per heavy atom. The van der Waals surface area contributed by atoms with Crippen LogP contribution in [0.1, 0.15) is 31.2 Å². The molecule has 4 heterocycles. The molecule has 2 aliphatic heterocycles. The van der Waals surface area contributed by atoms with Gasteiger partial charge in [0.1, 0.15) is 5.82 Å². The van der Waals surface area contributed by atoms with E-state index in [4.69, 9.17) is 4.74 Å². The van der Waals surface area contributed by atoms with E-state index in [1.807, 2.05) is 24.7 Å². The molecule has 2 aliphatic rings. The quantitative estimate of drug-likeness (QED) is 0.818. The van der Waals surface area contributed by atoms with E-state index in [1.54, 1.807) is 0 Å². The molecule has 0 saturated carbocycles. The molecule has 2 aromatic rings. The van der Waals surface area contributed by atoms with Crippen LogP contribution in [-0.4, -0.2) is 45.2 Å². The number of imidazole rings is 1. The summed E-state index contributed by atoms with van der Waals surface area (Å²) in [5.41, 5.74) is 1.65. The summed E-state index contributed by atoms with van der Waals surface area (Å²) in [4.78, 5) is 11.2. The van der Waals surface area contributed by atoms with Crippen molar-refractivity contribution in [3.63, 3.8) is 0 Å². The summed E-state index contributed by atoms with van der Waals surface area (Å²) in [6.45, 7) is 7.40. The van der Waals surface area contributed by atoms with Crippen LogP contribution in [0, 0.1) is 5.41 Å². The molecule has 0 aliphatic carbocycles. The summed E-state index contributed by atoms with van der Waals surface area (Å²) in [7, 11) is 0. The van der Waals surface area contributed by atoms with Gasteiger partial charge in [0.2, 0.25) is 0 Å².